The van der Waals surface area contributed by atoms with Gasteiger partial charge in [-0.25, -0.2) is 23.7 Å². The van der Waals surface area contributed by atoms with Crippen LogP contribution in [-0.4, -0.2) is 29.9 Å². The van der Waals surface area contributed by atoms with Crippen molar-refractivity contribution in [1.82, 2.24) is 24.1 Å². The summed E-state index contributed by atoms with van der Waals surface area (Å²) in [7, 11) is 3.88. The van der Waals surface area contributed by atoms with Crippen molar-refractivity contribution in [3.05, 3.63) is 101 Å². The van der Waals surface area contributed by atoms with Crippen molar-refractivity contribution < 1.29 is 13.6 Å². The third-order valence-electron chi connectivity index (χ3n) is 7.70. The van der Waals surface area contributed by atoms with Crippen LogP contribution in [-0.2, 0) is 19.5 Å². The predicted molar refractivity (Wildman–Crippen MR) is 152 cm³/mol. The number of carbonyl (C=O) groups excluding carboxylic acids is 1. The molecule has 6 nitrogen and oxygen atoms in total. The molecule has 0 spiro atoms. The Kier molecular flexibility index (Phi) is 5.87. The number of rotatable bonds is 5. The first kappa shape index (κ1) is 25.6. The van der Waals surface area contributed by atoms with Crippen LogP contribution < -0.4 is 0 Å². The minimum Gasteiger partial charge on any atom is -0.326 e. The Hall–Kier alpha value is -4.72. The molecule has 0 radical (unpaired) electrons. The van der Waals surface area contributed by atoms with Gasteiger partial charge in [0.15, 0.2) is 17.4 Å². The zero-order chi connectivity index (χ0) is 28.3. The molecule has 0 fully saturated rings. The number of aryl methyl sites for hydroxylation is 2. The van der Waals surface area contributed by atoms with Crippen LogP contribution in [0.5, 0.6) is 0 Å². The molecule has 0 aliphatic rings. The van der Waals surface area contributed by atoms with Crippen LogP contribution in [0.4, 0.5) is 8.78 Å². The molecule has 8 heteroatoms. The molecule has 6 rings (SSSR count). The molecule has 0 unspecified atom stereocenters. The molecule has 3 aromatic heterocycles. The van der Waals surface area contributed by atoms with E-state index in [4.69, 9.17) is 15.0 Å². The molecule has 0 saturated carbocycles. The molecule has 0 saturated heterocycles. The molecule has 0 aliphatic carbocycles. The van der Waals surface area contributed by atoms with Gasteiger partial charge in [-0.15, -0.1) is 0 Å². The normalized spacial score (nSPS) is 12.0. The first-order valence-corrected chi connectivity index (χ1v) is 12.9. The second-order valence-corrected chi connectivity index (χ2v) is 10.5. The first-order chi connectivity index (χ1) is 19.1. The number of benzene rings is 3. The van der Waals surface area contributed by atoms with Gasteiger partial charge in [0.05, 0.1) is 27.6 Å². The zero-order valence-electron chi connectivity index (χ0n) is 22.8. The van der Waals surface area contributed by atoms with Crippen molar-refractivity contribution in [2.45, 2.75) is 26.2 Å². The lowest BCUT2D eigenvalue weighted by Gasteiger charge is -2.27. The number of nitrogens with zero attached hydrogens (tertiary/aromatic N) is 5. The molecule has 200 valence electrons. The van der Waals surface area contributed by atoms with E-state index in [1.165, 1.54) is 13.0 Å². The molecule has 3 aromatic carbocycles. The predicted octanol–water partition coefficient (Wildman–Crippen LogP) is 7.00. The number of pyridine rings is 1. The van der Waals surface area contributed by atoms with Gasteiger partial charge < -0.3 is 9.13 Å². The lowest BCUT2D eigenvalue weighted by Crippen LogP contribution is -2.23. The molecule has 3 heterocycles. The number of carbonyl (C=O) groups is 1. The number of para-hydroxylation sites is 3. The quantitative estimate of drug-likeness (QED) is 0.223. The molecule has 0 bridgehead atoms. The maximum Gasteiger partial charge on any atom is 0.165 e. The summed E-state index contributed by atoms with van der Waals surface area (Å²) in [5.41, 5.74) is 4.32. The molecule has 0 amide bonds. The smallest absolute Gasteiger partial charge is 0.165 e. The number of hydrogen-bond acceptors (Lipinski definition) is 4. The number of hydrogen-bond donors (Lipinski definition) is 0. The molecule has 0 atom stereocenters. The van der Waals surface area contributed by atoms with Gasteiger partial charge in [0.2, 0.25) is 0 Å². The highest BCUT2D eigenvalue weighted by atomic mass is 19.1. The van der Waals surface area contributed by atoms with E-state index in [1.54, 1.807) is 0 Å². The number of Topliss-reactive ketones (excluding diaryl/α,β-unsaturated/α-hetero) is 1. The van der Waals surface area contributed by atoms with Crippen LogP contribution in [0.15, 0.2) is 72.8 Å². The topological polar surface area (TPSA) is 65.6 Å². The van der Waals surface area contributed by atoms with Crippen LogP contribution in [0.25, 0.3) is 45.1 Å². The van der Waals surface area contributed by atoms with Gasteiger partial charge >= 0.3 is 0 Å². The summed E-state index contributed by atoms with van der Waals surface area (Å²) < 4.78 is 33.8. The van der Waals surface area contributed by atoms with Crippen molar-refractivity contribution in [1.29, 1.82) is 0 Å². The molecule has 40 heavy (non-hydrogen) atoms. The number of imidazole rings is 2. The second-order valence-electron chi connectivity index (χ2n) is 10.5. The molecular formula is C32H27F2N5O. The van der Waals surface area contributed by atoms with Crippen molar-refractivity contribution in [3.8, 4) is 23.0 Å². The summed E-state index contributed by atoms with van der Waals surface area (Å²) >= 11 is 0. The number of aromatic nitrogens is 5. The fourth-order valence-corrected chi connectivity index (χ4v) is 5.51. The molecule has 0 aliphatic heterocycles. The average Bonchev–Trinajstić information content (AvgIpc) is 3.45. The Labute approximate surface area is 230 Å². The number of fused-ring (bicyclic) bond motifs is 2. The maximum atomic E-state index is 15.5. The Morgan fingerprint density at radius 3 is 2.05 bits per heavy atom. The third-order valence-corrected chi connectivity index (χ3v) is 7.70. The van der Waals surface area contributed by atoms with E-state index in [-0.39, 0.29) is 5.56 Å². The van der Waals surface area contributed by atoms with Crippen LogP contribution in [0.3, 0.4) is 0 Å². The Morgan fingerprint density at radius 1 is 0.725 bits per heavy atom. The van der Waals surface area contributed by atoms with Crippen LogP contribution in [0.2, 0.25) is 0 Å². The number of halogens is 2. The third kappa shape index (κ3) is 3.82. The van der Waals surface area contributed by atoms with E-state index in [9.17, 15) is 9.18 Å². The van der Waals surface area contributed by atoms with Crippen molar-refractivity contribution >= 4 is 27.9 Å². The highest BCUT2D eigenvalue weighted by molar-refractivity contribution is 5.95. The summed E-state index contributed by atoms with van der Waals surface area (Å²) in [6.45, 7) is 4.86. The van der Waals surface area contributed by atoms with E-state index < -0.39 is 28.4 Å². The van der Waals surface area contributed by atoms with Gasteiger partial charge in [-0.2, -0.15) is 0 Å². The largest absolute Gasteiger partial charge is 0.326 e. The SMILES string of the molecule is CC(=O)c1c(F)ccc(C(C)(C)c2cccc3c2nc(-c2cccc(-c4nc5ccccc5n4C)n2)n3C)c1F. The summed E-state index contributed by atoms with van der Waals surface area (Å²) in [6, 6.07) is 22.0. The van der Waals surface area contributed by atoms with Crippen LogP contribution in [0, 0.1) is 11.6 Å². The Bertz CT molecular complexity index is 1970. The van der Waals surface area contributed by atoms with Gasteiger partial charge in [-0.1, -0.05) is 50.2 Å². The zero-order valence-corrected chi connectivity index (χ0v) is 22.8. The van der Waals surface area contributed by atoms with Gasteiger partial charge in [-0.3, -0.25) is 4.79 Å². The van der Waals surface area contributed by atoms with E-state index >= 15 is 4.39 Å². The lowest BCUT2D eigenvalue weighted by molar-refractivity contribution is 0.100. The van der Waals surface area contributed by atoms with Gasteiger partial charge in [0.25, 0.3) is 0 Å². The van der Waals surface area contributed by atoms with Gasteiger partial charge in [0, 0.05) is 19.5 Å². The maximum absolute atomic E-state index is 15.5. The average molecular weight is 536 g/mol. The van der Waals surface area contributed by atoms with Crippen LogP contribution in [0.1, 0.15) is 42.3 Å². The number of ketones is 1. The minimum absolute atomic E-state index is 0.223. The highest BCUT2D eigenvalue weighted by Crippen LogP contribution is 2.39. The first-order valence-electron chi connectivity index (χ1n) is 12.9. The van der Waals surface area contributed by atoms with E-state index in [0.29, 0.717) is 22.7 Å². The second kappa shape index (κ2) is 9.19. The van der Waals surface area contributed by atoms with Crippen molar-refractivity contribution in [2.24, 2.45) is 14.1 Å². The van der Waals surface area contributed by atoms with Crippen LogP contribution >= 0.6 is 0 Å². The minimum atomic E-state index is -0.921. The fourth-order valence-electron chi connectivity index (χ4n) is 5.51. The summed E-state index contributed by atoms with van der Waals surface area (Å²) in [4.78, 5) is 26.7. The van der Waals surface area contributed by atoms with Gasteiger partial charge in [-0.05, 0) is 54.4 Å². The Morgan fingerprint density at radius 2 is 1.35 bits per heavy atom. The molecule has 6 aromatic rings. The summed E-state index contributed by atoms with van der Waals surface area (Å²) in [5.74, 6) is -0.978. The van der Waals surface area contributed by atoms with Crippen molar-refractivity contribution in [2.75, 3.05) is 0 Å². The lowest BCUT2D eigenvalue weighted by atomic mass is 9.76. The molecular weight excluding hydrogens is 508 g/mol. The highest BCUT2D eigenvalue weighted by Gasteiger charge is 2.32. The van der Waals surface area contributed by atoms with Gasteiger partial charge in [0.1, 0.15) is 23.0 Å². The van der Waals surface area contributed by atoms with Crippen molar-refractivity contribution in [3.63, 3.8) is 0 Å². The fraction of sp³-hybridized carbons (Fsp3) is 0.188. The summed E-state index contributed by atoms with van der Waals surface area (Å²) in [6.07, 6.45) is 0. The molecule has 0 N–H and O–H groups in total. The standard InChI is InChI=1S/C32H27F2N5O/c1-18(40)27-21(33)17-16-19(28(27)34)32(2,3)20-10-8-15-26-29(20)37-31(39(26)5)24-13-9-12-23(35-24)30-36-22-11-6-7-14-25(22)38(30)4/h6-17H,1-5H3. The van der Waals surface area contributed by atoms with E-state index in [1.807, 2.05) is 97.7 Å². The Balaban J connectivity index is 1.50. The monoisotopic (exact) mass is 535 g/mol. The van der Waals surface area contributed by atoms with E-state index in [2.05, 4.69) is 0 Å². The van der Waals surface area contributed by atoms with E-state index in [0.717, 1.165) is 34.0 Å². The summed E-state index contributed by atoms with van der Waals surface area (Å²) in [5, 5.41) is 0.